The van der Waals surface area contributed by atoms with Gasteiger partial charge in [-0.05, 0) is 43.4 Å². The summed E-state index contributed by atoms with van der Waals surface area (Å²) in [5.74, 6) is -0.441. The molecule has 1 aliphatic rings. The van der Waals surface area contributed by atoms with Gasteiger partial charge in [-0.2, -0.15) is 5.10 Å². The van der Waals surface area contributed by atoms with Crippen LogP contribution in [0.5, 0.6) is 0 Å². The van der Waals surface area contributed by atoms with Crippen molar-refractivity contribution in [3.63, 3.8) is 0 Å². The number of amides is 1. The minimum Gasteiger partial charge on any atom is -0.267 e. The fourth-order valence-electron chi connectivity index (χ4n) is 1.85. The van der Waals surface area contributed by atoms with Crippen molar-refractivity contribution in [3.05, 3.63) is 47.8 Å². The predicted molar refractivity (Wildman–Crippen MR) is 68.8 cm³/mol. The summed E-state index contributed by atoms with van der Waals surface area (Å²) in [5.41, 5.74) is 2.69. The van der Waals surface area contributed by atoms with E-state index >= 15 is 0 Å². The van der Waals surface area contributed by atoms with Crippen LogP contribution >= 0.6 is 0 Å². The van der Waals surface area contributed by atoms with E-state index in [1.165, 1.54) is 18.2 Å². The molecule has 1 aromatic rings. The molecular weight excluding hydrogens is 231 g/mol. The van der Waals surface area contributed by atoms with Gasteiger partial charge in [0.05, 0.1) is 0 Å². The molecule has 0 spiro atoms. The second-order valence-corrected chi connectivity index (χ2v) is 4.27. The van der Waals surface area contributed by atoms with Crippen molar-refractivity contribution in [3.8, 4) is 0 Å². The molecule has 1 N–H and O–H groups in total. The van der Waals surface area contributed by atoms with E-state index < -0.39 is 11.7 Å². The number of hydrogen-bond acceptors (Lipinski definition) is 2. The van der Waals surface area contributed by atoms with E-state index in [4.69, 9.17) is 0 Å². The van der Waals surface area contributed by atoms with E-state index in [0.717, 1.165) is 19.3 Å². The zero-order valence-corrected chi connectivity index (χ0v) is 9.97. The number of carbonyl (C=O) groups is 1. The lowest BCUT2D eigenvalue weighted by molar-refractivity contribution is 0.0954. The monoisotopic (exact) mass is 246 g/mol. The number of hydrazone groups is 1. The first-order valence-corrected chi connectivity index (χ1v) is 6.00. The smallest absolute Gasteiger partial charge is 0.267 e. The van der Waals surface area contributed by atoms with Gasteiger partial charge in [0, 0.05) is 11.8 Å². The van der Waals surface area contributed by atoms with Crippen LogP contribution in [0.2, 0.25) is 0 Å². The van der Waals surface area contributed by atoms with Gasteiger partial charge in [0.15, 0.2) is 0 Å². The van der Waals surface area contributed by atoms with Crippen LogP contribution in [0.1, 0.15) is 29.6 Å². The first kappa shape index (κ1) is 12.5. The number of nitrogens with one attached hydrogen (secondary N) is 1. The van der Waals surface area contributed by atoms with E-state index in [-0.39, 0.29) is 5.56 Å². The van der Waals surface area contributed by atoms with Gasteiger partial charge >= 0.3 is 0 Å². The standard InChI is InChI=1S/C14H15FN2O/c15-13-8-4-7-12(9-13)14(18)17-16-10-11-5-2-1-3-6-11/h1-2,4,7-11H,3,5-6H2,(H,17,18)/b16-10+. The van der Waals surface area contributed by atoms with Crippen LogP contribution in [0.4, 0.5) is 4.39 Å². The molecule has 0 aromatic heterocycles. The number of rotatable bonds is 3. The fourth-order valence-corrected chi connectivity index (χ4v) is 1.85. The maximum absolute atomic E-state index is 12.9. The van der Waals surface area contributed by atoms with Crippen LogP contribution in [0, 0.1) is 11.7 Å². The average molecular weight is 246 g/mol. The summed E-state index contributed by atoms with van der Waals surface area (Å²) in [5, 5.41) is 3.92. The highest BCUT2D eigenvalue weighted by molar-refractivity contribution is 5.94. The SMILES string of the molecule is O=C(N/N=C/C1CC=CCC1)c1cccc(F)c1. The Labute approximate surface area is 105 Å². The fraction of sp³-hybridized carbons (Fsp3) is 0.286. The second kappa shape index (κ2) is 6.10. The van der Waals surface area contributed by atoms with Crippen LogP contribution in [-0.4, -0.2) is 12.1 Å². The van der Waals surface area contributed by atoms with Crippen LogP contribution in [-0.2, 0) is 0 Å². The van der Waals surface area contributed by atoms with Gasteiger partial charge in [-0.15, -0.1) is 0 Å². The zero-order valence-electron chi connectivity index (χ0n) is 9.97. The van der Waals surface area contributed by atoms with Gasteiger partial charge in [0.2, 0.25) is 0 Å². The minimum atomic E-state index is -0.427. The van der Waals surface area contributed by atoms with Crippen molar-refractivity contribution in [2.45, 2.75) is 19.3 Å². The Bertz CT molecular complexity index is 482. The van der Waals surface area contributed by atoms with Gasteiger partial charge in [-0.1, -0.05) is 18.2 Å². The molecule has 2 rings (SSSR count). The summed E-state index contributed by atoms with van der Waals surface area (Å²) in [7, 11) is 0. The Kier molecular flexibility index (Phi) is 4.23. The molecule has 0 saturated heterocycles. The van der Waals surface area contributed by atoms with Crippen LogP contribution < -0.4 is 5.43 Å². The number of hydrogen-bond donors (Lipinski definition) is 1. The summed E-state index contributed by atoms with van der Waals surface area (Å²) in [6.45, 7) is 0. The van der Waals surface area contributed by atoms with Gasteiger partial charge in [0.1, 0.15) is 5.82 Å². The van der Waals surface area contributed by atoms with Gasteiger partial charge in [-0.25, -0.2) is 9.82 Å². The number of benzene rings is 1. The predicted octanol–water partition coefficient (Wildman–Crippen LogP) is 2.90. The topological polar surface area (TPSA) is 41.5 Å². The van der Waals surface area contributed by atoms with Crippen LogP contribution in [0.3, 0.4) is 0 Å². The molecule has 18 heavy (non-hydrogen) atoms. The molecule has 0 bridgehead atoms. The quantitative estimate of drug-likeness (QED) is 0.497. The van der Waals surface area contributed by atoms with E-state index in [1.807, 2.05) is 0 Å². The lowest BCUT2D eigenvalue weighted by Crippen LogP contribution is -2.18. The van der Waals surface area contributed by atoms with E-state index in [2.05, 4.69) is 22.7 Å². The molecule has 3 nitrogen and oxygen atoms in total. The van der Waals surface area contributed by atoms with Gasteiger partial charge in [0.25, 0.3) is 5.91 Å². The first-order chi connectivity index (χ1) is 8.75. The van der Waals surface area contributed by atoms with Crippen LogP contribution in [0.25, 0.3) is 0 Å². The molecule has 1 aliphatic carbocycles. The Balaban J connectivity index is 1.88. The Hall–Kier alpha value is -1.97. The lowest BCUT2D eigenvalue weighted by Gasteiger charge is -2.11. The summed E-state index contributed by atoms with van der Waals surface area (Å²) in [6.07, 6.45) is 9.08. The average Bonchev–Trinajstić information content (AvgIpc) is 2.40. The maximum atomic E-state index is 12.9. The summed E-state index contributed by atoms with van der Waals surface area (Å²) < 4.78 is 12.9. The largest absolute Gasteiger partial charge is 0.271 e. The molecule has 0 fully saturated rings. The van der Waals surface area contributed by atoms with Crippen molar-refractivity contribution >= 4 is 12.1 Å². The maximum Gasteiger partial charge on any atom is 0.271 e. The Morgan fingerprint density at radius 3 is 3.06 bits per heavy atom. The van der Waals surface area contributed by atoms with E-state index in [1.54, 1.807) is 12.3 Å². The molecular formula is C14H15FN2O. The van der Waals surface area contributed by atoms with Crippen molar-refractivity contribution in [2.75, 3.05) is 0 Å². The molecule has 1 unspecified atom stereocenters. The third-order valence-electron chi connectivity index (χ3n) is 2.85. The second-order valence-electron chi connectivity index (χ2n) is 4.27. The van der Waals surface area contributed by atoms with Crippen molar-refractivity contribution in [1.82, 2.24) is 5.43 Å². The highest BCUT2D eigenvalue weighted by Gasteiger charge is 2.08. The Morgan fingerprint density at radius 1 is 1.44 bits per heavy atom. The molecule has 0 heterocycles. The third-order valence-corrected chi connectivity index (χ3v) is 2.85. The Morgan fingerprint density at radius 2 is 2.33 bits per heavy atom. The molecule has 0 saturated carbocycles. The van der Waals surface area contributed by atoms with Crippen molar-refractivity contribution in [1.29, 1.82) is 0 Å². The third kappa shape index (κ3) is 3.52. The molecule has 1 amide bonds. The summed E-state index contributed by atoms with van der Waals surface area (Å²) in [6, 6.07) is 5.54. The van der Waals surface area contributed by atoms with Gasteiger partial charge in [-0.3, -0.25) is 4.79 Å². The molecule has 94 valence electrons. The van der Waals surface area contributed by atoms with Gasteiger partial charge < -0.3 is 0 Å². The number of allylic oxidation sites excluding steroid dienone is 2. The molecule has 4 heteroatoms. The number of nitrogens with zero attached hydrogens (tertiary/aromatic N) is 1. The first-order valence-electron chi connectivity index (χ1n) is 6.00. The highest BCUT2D eigenvalue weighted by Crippen LogP contribution is 2.15. The minimum absolute atomic E-state index is 0.274. The summed E-state index contributed by atoms with van der Waals surface area (Å²) >= 11 is 0. The molecule has 1 aromatic carbocycles. The van der Waals surface area contributed by atoms with Crippen molar-refractivity contribution in [2.24, 2.45) is 11.0 Å². The highest BCUT2D eigenvalue weighted by atomic mass is 19.1. The lowest BCUT2D eigenvalue weighted by atomic mass is 9.96. The normalized spacial score (nSPS) is 19.1. The zero-order chi connectivity index (χ0) is 12.8. The van der Waals surface area contributed by atoms with Crippen LogP contribution in [0.15, 0.2) is 41.5 Å². The van der Waals surface area contributed by atoms with Crippen molar-refractivity contribution < 1.29 is 9.18 Å². The molecule has 0 radical (unpaired) electrons. The van der Waals surface area contributed by atoms with E-state index in [9.17, 15) is 9.18 Å². The molecule has 1 atom stereocenters. The van der Waals surface area contributed by atoms with E-state index in [0.29, 0.717) is 5.92 Å². The number of halogens is 1. The number of carbonyl (C=O) groups excluding carboxylic acids is 1. The summed E-state index contributed by atoms with van der Waals surface area (Å²) in [4.78, 5) is 11.6. The molecule has 0 aliphatic heterocycles.